The van der Waals surface area contributed by atoms with Crippen LogP contribution in [0.4, 0.5) is 0 Å². The van der Waals surface area contributed by atoms with Crippen molar-refractivity contribution in [3.05, 3.63) is 47.7 Å². The molecule has 0 unspecified atom stereocenters. The molecule has 0 bridgehead atoms. The van der Waals surface area contributed by atoms with Gasteiger partial charge >= 0.3 is 0 Å². The zero-order chi connectivity index (χ0) is 19.1. The van der Waals surface area contributed by atoms with Crippen molar-refractivity contribution in [2.45, 2.75) is 33.4 Å². The van der Waals surface area contributed by atoms with Gasteiger partial charge in [0.2, 0.25) is 5.91 Å². The van der Waals surface area contributed by atoms with Crippen molar-refractivity contribution in [1.82, 2.24) is 14.7 Å². The highest BCUT2D eigenvalue weighted by Gasteiger charge is 2.25. The van der Waals surface area contributed by atoms with E-state index in [0.29, 0.717) is 32.7 Å². The second-order valence-electron chi connectivity index (χ2n) is 6.70. The van der Waals surface area contributed by atoms with Gasteiger partial charge in [-0.2, -0.15) is 5.26 Å². The highest BCUT2D eigenvalue weighted by molar-refractivity contribution is 5.97. The van der Waals surface area contributed by atoms with Gasteiger partial charge < -0.3 is 14.7 Å². The quantitative estimate of drug-likeness (QED) is 0.599. The first-order valence-electron chi connectivity index (χ1n) is 8.88. The number of amides is 2. The smallest absolute Gasteiger partial charge is 0.266 e. The first kappa shape index (κ1) is 19.5. The maximum Gasteiger partial charge on any atom is 0.266 e. The molecule has 138 valence electrons. The molecule has 1 fully saturated rings. The Balaban J connectivity index is 2.10. The number of rotatable bonds is 5. The Morgan fingerprint density at radius 2 is 1.73 bits per heavy atom. The van der Waals surface area contributed by atoms with E-state index < -0.39 is 0 Å². The lowest BCUT2D eigenvalue weighted by molar-refractivity contribution is -0.136. The number of nitriles is 1. The Hall–Kier alpha value is -2.81. The van der Waals surface area contributed by atoms with Crippen molar-refractivity contribution in [3.63, 3.8) is 0 Å². The summed E-state index contributed by atoms with van der Waals surface area (Å²) in [6.07, 6.45) is 1.66. The number of carbonyl (C=O) groups is 2. The Morgan fingerprint density at radius 1 is 1.15 bits per heavy atom. The zero-order valence-electron chi connectivity index (χ0n) is 15.7. The molecule has 0 spiro atoms. The van der Waals surface area contributed by atoms with Gasteiger partial charge in [-0.3, -0.25) is 9.59 Å². The average molecular weight is 354 g/mol. The Bertz CT molecular complexity index is 698. The van der Waals surface area contributed by atoms with Crippen LogP contribution in [0.15, 0.2) is 42.1 Å². The second kappa shape index (κ2) is 9.04. The third kappa shape index (κ3) is 5.09. The van der Waals surface area contributed by atoms with Gasteiger partial charge in [0.25, 0.3) is 5.91 Å². The fourth-order valence-corrected chi connectivity index (χ4v) is 2.86. The molecule has 6 nitrogen and oxygen atoms in total. The van der Waals surface area contributed by atoms with Gasteiger partial charge in [-0.25, -0.2) is 0 Å². The Labute approximate surface area is 155 Å². The van der Waals surface area contributed by atoms with Gasteiger partial charge in [-0.15, -0.1) is 0 Å². The molecule has 0 atom stereocenters. The van der Waals surface area contributed by atoms with E-state index in [0.717, 1.165) is 5.56 Å². The average Bonchev–Trinajstić information content (AvgIpc) is 2.65. The van der Waals surface area contributed by atoms with Gasteiger partial charge in [0.1, 0.15) is 11.6 Å². The molecule has 1 heterocycles. The van der Waals surface area contributed by atoms with Gasteiger partial charge in [0, 0.05) is 51.9 Å². The molecule has 0 aliphatic carbocycles. The number of piperazine rings is 1. The minimum absolute atomic E-state index is 0.0157. The molecule has 1 aliphatic rings. The van der Waals surface area contributed by atoms with Gasteiger partial charge in [-0.05, 0) is 19.4 Å². The summed E-state index contributed by atoms with van der Waals surface area (Å²) >= 11 is 0. The molecule has 1 saturated heterocycles. The number of hydrogen-bond acceptors (Lipinski definition) is 4. The van der Waals surface area contributed by atoms with Crippen LogP contribution < -0.4 is 0 Å². The molecule has 1 aromatic carbocycles. The van der Waals surface area contributed by atoms with Gasteiger partial charge in [0.05, 0.1) is 0 Å². The maximum atomic E-state index is 12.7. The minimum Gasteiger partial charge on any atom is -0.369 e. The topological polar surface area (TPSA) is 67.6 Å². The molecule has 0 aromatic heterocycles. The number of nitrogens with zero attached hydrogens (tertiary/aromatic N) is 4. The van der Waals surface area contributed by atoms with Crippen molar-refractivity contribution in [1.29, 1.82) is 5.26 Å². The second-order valence-corrected chi connectivity index (χ2v) is 6.70. The van der Waals surface area contributed by atoms with Crippen LogP contribution in [-0.2, 0) is 16.1 Å². The Morgan fingerprint density at radius 3 is 2.23 bits per heavy atom. The molecule has 2 rings (SSSR count). The SMILES string of the molecule is CC(=O)N1CCN(C(=O)/C(C#N)=C\N(Cc2ccccc2)C(C)C)CC1. The minimum atomic E-state index is -0.269. The van der Waals surface area contributed by atoms with Crippen LogP contribution in [0.25, 0.3) is 0 Å². The molecule has 1 aromatic rings. The third-order valence-corrected chi connectivity index (χ3v) is 4.53. The highest BCUT2D eigenvalue weighted by atomic mass is 16.2. The molecule has 0 N–H and O–H groups in total. The van der Waals surface area contributed by atoms with Crippen LogP contribution in [0.5, 0.6) is 0 Å². The van der Waals surface area contributed by atoms with E-state index in [1.165, 1.54) is 6.92 Å². The van der Waals surface area contributed by atoms with Crippen LogP contribution >= 0.6 is 0 Å². The van der Waals surface area contributed by atoms with E-state index in [1.54, 1.807) is 16.0 Å². The number of carbonyl (C=O) groups excluding carboxylic acids is 2. The lowest BCUT2D eigenvalue weighted by atomic mass is 10.1. The summed E-state index contributed by atoms with van der Waals surface area (Å²) in [7, 11) is 0. The van der Waals surface area contributed by atoms with E-state index in [2.05, 4.69) is 6.07 Å². The predicted molar refractivity (Wildman–Crippen MR) is 99.7 cm³/mol. The van der Waals surface area contributed by atoms with Crippen LogP contribution in [0.2, 0.25) is 0 Å². The van der Waals surface area contributed by atoms with Crippen LogP contribution in [0, 0.1) is 11.3 Å². The van der Waals surface area contributed by atoms with E-state index in [-0.39, 0.29) is 23.4 Å². The summed E-state index contributed by atoms with van der Waals surface area (Å²) in [5, 5.41) is 9.51. The highest BCUT2D eigenvalue weighted by Crippen LogP contribution is 2.13. The lowest BCUT2D eigenvalue weighted by Crippen LogP contribution is -2.50. The van der Waals surface area contributed by atoms with Crippen molar-refractivity contribution >= 4 is 11.8 Å². The third-order valence-electron chi connectivity index (χ3n) is 4.53. The summed E-state index contributed by atoms with van der Waals surface area (Å²) in [6, 6.07) is 12.2. The first-order valence-corrected chi connectivity index (χ1v) is 8.88. The maximum absolute atomic E-state index is 12.7. The summed E-state index contributed by atoms with van der Waals surface area (Å²) < 4.78 is 0. The Kier molecular flexibility index (Phi) is 6.79. The van der Waals surface area contributed by atoms with Crippen LogP contribution in [0.1, 0.15) is 26.3 Å². The largest absolute Gasteiger partial charge is 0.369 e. The molecular weight excluding hydrogens is 328 g/mol. The monoisotopic (exact) mass is 354 g/mol. The van der Waals surface area contributed by atoms with Crippen LogP contribution in [-0.4, -0.2) is 58.7 Å². The molecule has 6 heteroatoms. The van der Waals surface area contributed by atoms with Crippen molar-refractivity contribution in [3.8, 4) is 6.07 Å². The summed E-state index contributed by atoms with van der Waals surface area (Å²) in [6.45, 7) is 8.16. The van der Waals surface area contributed by atoms with E-state index in [4.69, 9.17) is 0 Å². The summed E-state index contributed by atoms with van der Waals surface area (Å²) in [5.41, 5.74) is 1.25. The molecule has 0 radical (unpaired) electrons. The molecule has 1 aliphatic heterocycles. The molecule has 2 amide bonds. The van der Waals surface area contributed by atoms with E-state index in [1.807, 2.05) is 49.1 Å². The predicted octanol–water partition coefficient (Wildman–Crippen LogP) is 2.00. The van der Waals surface area contributed by atoms with E-state index in [9.17, 15) is 14.9 Å². The molecular formula is C20H26N4O2. The number of hydrogen-bond donors (Lipinski definition) is 0. The lowest BCUT2D eigenvalue weighted by Gasteiger charge is -2.34. The fraction of sp³-hybridized carbons (Fsp3) is 0.450. The first-order chi connectivity index (χ1) is 12.4. The number of benzene rings is 1. The van der Waals surface area contributed by atoms with Crippen LogP contribution in [0.3, 0.4) is 0 Å². The van der Waals surface area contributed by atoms with Crippen molar-refractivity contribution in [2.75, 3.05) is 26.2 Å². The molecule has 26 heavy (non-hydrogen) atoms. The van der Waals surface area contributed by atoms with Crippen molar-refractivity contribution in [2.24, 2.45) is 0 Å². The van der Waals surface area contributed by atoms with Crippen molar-refractivity contribution < 1.29 is 9.59 Å². The normalized spacial score (nSPS) is 15.0. The fourth-order valence-electron chi connectivity index (χ4n) is 2.86. The van der Waals surface area contributed by atoms with Gasteiger partial charge in [0.15, 0.2) is 0 Å². The van der Waals surface area contributed by atoms with E-state index >= 15 is 0 Å². The van der Waals surface area contributed by atoms with Gasteiger partial charge in [-0.1, -0.05) is 30.3 Å². The summed E-state index contributed by atoms with van der Waals surface area (Å²) in [5.74, 6) is -0.253. The zero-order valence-corrected chi connectivity index (χ0v) is 15.7. The summed E-state index contributed by atoms with van der Waals surface area (Å²) in [4.78, 5) is 29.5. The molecule has 0 saturated carbocycles. The standard InChI is InChI=1S/C20H26N4O2/c1-16(2)24(14-18-7-5-4-6-8-18)15-19(13-21)20(26)23-11-9-22(10-12-23)17(3)25/h4-8,15-16H,9-12,14H2,1-3H3/b19-15-.